The predicted molar refractivity (Wildman–Crippen MR) is 87.3 cm³/mol. The van der Waals surface area contributed by atoms with Gasteiger partial charge in [-0.1, -0.05) is 48.9 Å². The van der Waals surface area contributed by atoms with Crippen molar-refractivity contribution in [2.75, 3.05) is 11.9 Å². The maximum Gasteiger partial charge on any atom is 0.257 e. The van der Waals surface area contributed by atoms with Crippen molar-refractivity contribution in [3.8, 4) is 5.75 Å². The largest absolute Gasteiger partial charge is 0.491 e. The number of halogens is 1. The Labute approximate surface area is 134 Å². The highest BCUT2D eigenvalue weighted by atomic mass is 35.5. The molecule has 0 heterocycles. The summed E-state index contributed by atoms with van der Waals surface area (Å²) in [5.41, 5.74) is 0.971. The van der Waals surface area contributed by atoms with Gasteiger partial charge in [0.15, 0.2) is 6.10 Å². The average molecular weight is 320 g/mol. The summed E-state index contributed by atoms with van der Waals surface area (Å²) in [6.45, 7) is 2.53. The molecule has 0 aliphatic rings. The van der Waals surface area contributed by atoms with Crippen LogP contribution in [0.15, 0.2) is 48.5 Å². The third kappa shape index (κ3) is 4.23. The molecule has 116 valence electrons. The zero-order valence-electron chi connectivity index (χ0n) is 12.3. The minimum absolute atomic E-state index is 0.445. The smallest absolute Gasteiger partial charge is 0.257 e. The summed E-state index contributed by atoms with van der Waals surface area (Å²) >= 11 is 5.96. The first kappa shape index (κ1) is 16.3. The van der Waals surface area contributed by atoms with E-state index in [0.717, 1.165) is 6.42 Å². The molecule has 0 radical (unpaired) electrons. The average Bonchev–Trinajstić information content (AvgIpc) is 2.54. The molecule has 0 spiro atoms. The van der Waals surface area contributed by atoms with Gasteiger partial charge < -0.3 is 15.2 Å². The van der Waals surface area contributed by atoms with Crippen LogP contribution in [0.1, 0.15) is 25.0 Å². The molecule has 4 nitrogen and oxygen atoms in total. The number of amides is 1. The Kier molecular flexibility index (Phi) is 5.81. The van der Waals surface area contributed by atoms with Crippen LogP contribution in [0.3, 0.4) is 0 Å². The number of hydrogen-bond donors (Lipinski definition) is 2. The summed E-state index contributed by atoms with van der Waals surface area (Å²) < 4.78 is 5.57. The van der Waals surface area contributed by atoms with Crippen LogP contribution in [0, 0.1) is 0 Å². The molecule has 5 heteroatoms. The monoisotopic (exact) mass is 319 g/mol. The van der Waals surface area contributed by atoms with Crippen molar-refractivity contribution in [3.63, 3.8) is 0 Å². The summed E-state index contributed by atoms with van der Waals surface area (Å²) in [5.74, 6) is -0.00493. The van der Waals surface area contributed by atoms with Crippen LogP contribution in [-0.4, -0.2) is 17.6 Å². The zero-order chi connectivity index (χ0) is 15.9. The van der Waals surface area contributed by atoms with Gasteiger partial charge in [0, 0.05) is 5.02 Å². The quantitative estimate of drug-likeness (QED) is 0.851. The van der Waals surface area contributed by atoms with Crippen molar-refractivity contribution in [2.24, 2.45) is 0 Å². The van der Waals surface area contributed by atoms with E-state index in [2.05, 4.69) is 5.32 Å². The van der Waals surface area contributed by atoms with Crippen LogP contribution < -0.4 is 10.1 Å². The van der Waals surface area contributed by atoms with Gasteiger partial charge in [-0.25, -0.2) is 0 Å². The first-order valence-corrected chi connectivity index (χ1v) is 7.46. The molecule has 0 saturated carbocycles. The van der Waals surface area contributed by atoms with Crippen LogP contribution >= 0.6 is 11.6 Å². The van der Waals surface area contributed by atoms with Crippen LogP contribution in [-0.2, 0) is 4.79 Å². The topological polar surface area (TPSA) is 58.6 Å². The van der Waals surface area contributed by atoms with Gasteiger partial charge in [0.05, 0.1) is 12.3 Å². The van der Waals surface area contributed by atoms with Gasteiger partial charge in [0.25, 0.3) is 5.91 Å². The van der Waals surface area contributed by atoms with Crippen molar-refractivity contribution >= 4 is 23.2 Å². The number of nitrogens with one attached hydrogen (secondary N) is 1. The molecule has 2 aromatic carbocycles. The normalized spacial score (nSPS) is 11.8. The van der Waals surface area contributed by atoms with E-state index in [9.17, 15) is 9.90 Å². The van der Waals surface area contributed by atoms with Crippen molar-refractivity contribution in [1.29, 1.82) is 0 Å². The lowest BCUT2D eigenvalue weighted by Crippen LogP contribution is -2.21. The molecule has 1 unspecified atom stereocenters. The zero-order valence-corrected chi connectivity index (χ0v) is 13.0. The molecule has 0 bridgehead atoms. The molecule has 0 aliphatic heterocycles. The number of aliphatic hydroxyl groups excluding tert-OH is 1. The fourth-order valence-electron chi connectivity index (χ4n) is 1.93. The predicted octanol–water partition coefficient (Wildman–Crippen LogP) is 3.80. The van der Waals surface area contributed by atoms with Gasteiger partial charge in [0.2, 0.25) is 0 Å². The Morgan fingerprint density at radius 1 is 1.27 bits per heavy atom. The Balaban J connectivity index is 2.15. The second-order valence-electron chi connectivity index (χ2n) is 4.79. The Hall–Kier alpha value is -2.04. The van der Waals surface area contributed by atoms with E-state index in [1.54, 1.807) is 42.5 Å². The van der Waals surface area contributed by atoms with Gasteiger partial charge in [-0.3, -0.25) is 4.79 Å². The molecule has 22 heavy (non-hydrogen) atoms. The molecule has 0 aromatic heterocycles. The molecule has 2 aromatic rings. The maximum absolute atomic E-state index is 12.2. The minimum atomic E-state index is -1.25. The van der Waals surface area contributed by atoms with Crippen LogP contribution in [0.2, 0.25) is 5.02 Å². The third-order valence-corrected chi connectivity index (χ3v) is 3.26. The van der Waals surface area contributed by atoms with E-state index in [0.29, 0.717) is 28.6 Å². The van der Waals surface area contributed by atoms with E-state index >= 15 is 0 Å². The standard InChI is InChI=1S/C17H18ClNO3/c1-2-10-22-15-9-8-13(18)11-14(15)19-17(21)16(20)12-6-4-3-5-7-12/h3-9,11,16,20H,2,10H2,1H3,(H,19,21). The van der Waals surface area contributed by atoms with E-state index in [1.807, 2.05) is 13.0 Å². The summed E-state index contributed by atoms with van der Waals surface area (Å²) in [5, 5.41) is 13.2. The lowest BCUT2D eigenvalue weighted by Gasteiger charge is -2.15. The number of carbonyl (C=O) groups is 1. The number of carbonyl (C=O) groups excluding carboxylic acids is 1. The second-order valence-corrected chi connectivity index (χ2v) is 5.23. The molecule has 1 atom stereocenters. The summed E-state index contributed by atoms with van der Waals surface area (Å²) in [4.78, 5) is 12.2. The Morgan fingerprint density at radius 3 is 2.68 bits per heavy atom. The number of rotatable bonds is 6. The van der Waals surface area contributed by atoms with E-state index in [1.165, 1.54) is 0 Å². The summed E-state index contributed by atoms with van der Waals surface area (Å²) in [6.07, 6.45) is -0.401. The summed E-state index contributed by atoms with van der Waals surface area (Å²) in [6, 6.07) is 13.7. The molecule has 0 fully saturated rings. The highest BCUT2D eigenvalue weighted by Gasteiger charge is 2.18. The van der Waals surface area contributed by atoms with Gasteiger partial charge >= 0.3 is 0 Å². The van der Waals surface area contributed by atoms with Gasteiger partial charge in [-0.2, -0.15) is 0 Å². The molecule has 0 saturated heterocycles. The second kappa shape index (κ2) is 7.82. The fraction of sp³-hybridized carbons (Fsp3) is 0.235. The Morgan fingerprint density at radius 2 is 2.00 bits per heavy atom. The van der Waals surface area contributed by atoms with E-state index < -0.39 is 12.0 Å². The molecular formula is C17H18ClNO3. The van der Waals surface area contributed by atoms with Crippen LogP contribution in [0.4, 0.5) is 5.69 Å². The first-order chi connectivity index (χ1) is 10.6. The molecular weight excluding hydrogens is 302 g/mol. The minimum Gasteiger partial charge on any atom is -0.491 e. The number of aliphatic hydroxyl groups is 1. The third-order valence-electron chi connectivity index (χ3n) is 3.02. The molecule has 2 rings (SSSR count). The van der Waals surface area contributed by atoms with Crippen molar-refractivity contribution < 1.29 is 14.6 Å². The van der Waals surface area contributed by atoms with Gasteiger partial charge in [-0.05, 0) is 30.2 Å². The van der Waals surface area contributed by atoms with E-state index in [4.69, 9.17) is 16.3 Å². The number of ether oxygens (including phenoxy) is 1. The number of hydrogen-bond acceptors (Lipinski definition) is 3. The SMILES string of the molecule is CCCOc1ccc(Cl)cc1NC(=O)C(O)c1ccccc1. The highest BCUT2D eigenvalue weighted by Crippen LogP contribution is 2.29. The van der Waals surface area contributed by atoms with Crippen LogP contribution in [0.5, 0.6) is 5.75 Å². The van der Waals surface area contributed by atoms with Gasteiger partial charge in [-0.15, -0.1) is 0 Å². The lowest BCUT2D eigenvalue weighted by atomic mass is 10.1. The molecule has 0 aliphatic carbocycles. The summed E-state index contributed by atoms with van der Waals surface area (Å²) in [7, 11) is 0. The van der Waals surface area contributed by atoms with Crippen molar-refractivity contribution in [1.82, 2.24) is 0 Å². The van der Waals surface area contributed by atoms with Gasteiger partial charge in [0.1, 0.15) is 5.75 Å². The number of benzene rings is 2. The van der Waals surface area contributed by atoms with Crippen LogP contribution in [0.25, 0.3) is 0 Å². The van der Waals surface area contributed by atoms with E-state index in [-0.39, 0.29) is 0 Å². The highest BCUT2D eigenvalue weighted by molar-refractivity contribution is 6.31. The first-order valence-electron chi connectivity index (χ1n) is 7.08. The maximum atomic E-state index is 12.2. The lowest BCUT2D eigenvalue weighted by molar-refractivity contribution is -0.124. The molecule has 1 amide bonds. The Bertz CT molecular complexity index is 631. The molecule has 2 N–H and O–H groups in total. The number of anilines is 1. The van der Waals surface area contributed by atoms with Crippen molar-refractivity contribution in [3.05, 3.63) is 59.1 Å². The fourth-order valence-corrected chi connectivity index (χ4v) is 2.10. The van der Waals surface area contributed by atoms with Crippen molar-refractivity contribution in [2.45, 2.75) is 19.4 Å².